The lowest BCUT2D eigenvalue weighted by Gasteiger charge is -2.13. The summed E-state index contributed by atoms with van der Waals surface area (Å²) in [7, 11) is 3.39. The number of hydrogen-bond acceptors (Lipinski definition) is 7. The first-order chi connectivity index (χ1) is 9.92. The Morgan fingerprint density at radius 3 is 2.33 bits per heavy atom. The smallest absolute Gasteiger partial charge is 0.323 e. The summed E-state index contributed by atoms with van der Waals surface area (Å²) in [5.41, 5.74) is 0. The number of aromatic nitrogens is 3. The molecule has 8 nitrogen and oxygen atoms in total. The fourth-order valence-corrected chi connectivity index (χ4v) is 1.33. The summed E-state index contributed by atoms with van der Waals surface area (Å²) in [6.07, 6.45) is 0.913. The van der Waals surface area contributed by atoms with E-state index >= 15 is 0 Å². The second-order valence-electron chi connectivity index (χ2n) is 5.00. The van der Waals surface area contributed by atoms with Crippen LogP contribution in [0.2, 0.25) is 0 Å². The molecule has 0 aromatic carbocycles. The fourth-order valence-electron chi connectivity index (χ4n) is 1.33. The predicted octanol–water partition coefficient (Wildman–Crippen LogP) is 0.981. The summed E-state index contributed by atoms with van der Waals surface area (Å²) in [6, 6.07) is 0.235. The van der Waals surface area contributed by atoms with Crippen molar-refractivity contribution in [2.24, 2.45) is 0 Å². The Hall–Kier alpha value is -2.12. The van der Waals surface area contributed by atoms with Crippen molar-refractivity contribution in [1.82, 2.24) is 19.9 Å². The summed E-state index contributed by atoms with van der Waals surface area (Å²) in [6.45, 7) is 6.71. The molecule has 0 aliphatic heterocycles. The van der Waals surface area contributed by atoms with Crippen LogP contribution >= 0.6 is 0 Å². The summed E-state index contributed by atoms with van der Waals surface area (Å²) < 4.78 is 5.49. The van der Waals surface area contributed by atoms with Crippen LogP contribution < -0.4 is 15.4 Å². The molecule has 0 saturated carbocycles. The van der Waals surface area contributed by atoms with Gasteiger partial charge in [-0.2, -0.15) is 15.0 Å². The number of rotatable bonds is 8. The molecule has 1 amide bonds. The lowest BCUT2D eigenvalue weighted by molar-refractivity contribution is -0.126. The highest BCUT2D eigenvalue weighted by Crippen LogP contribution is 2.12. The minimum Gasteiger partial charge on any atom is -0.461 e. The molecule has 0 aliphatic carbocycles. The van der Waals surface area contributed by atoms with Crippen LogP contribution in [0.3, 0.4) is 0 Å². The molecule has 0 aliphatic rings. The van der Waals surface area contributed by atoms with Crippen molar-refractivity contribution in [3.8, 4) is 6.01 Å². The van der Waals surface area contributed by atoms with Crippen molar-refractivity contribution < 1.29 is 9.53 Å². The lowest BCUT2D eigenvalue weighted by Crippen LogP contribution is -2.29. The molecule has 0 saturated heterocycles. The maximum atomic E-state index is 11.6. The fraction of sp³-hybridized carbons (Fsp3) is 0.692. The van der Waals surface area contributed by atoms with Crippen LogP contribution in [0.5, 0.6) is 6.01 Å². The number of nitrogens with one attached hydrogen (secondary N) is 2. The average Bonchev–Trinajstić information content (AvgIpc) is 2.41. The zero-order chi connectivity index (χ0) is 15.8. The molecular weight excluding hydrogens is 272 g/mol. The van der Waals surface area contributed by atoms with Gasteiger partial charge < -0.3 is 20.3 Å². The van der Waals surface area contributed by atoms with Gasteiger partial charge in [-0.05, 0) is 20.3 Å². The minimum atomic E-state index is -0.0650. The zero-order valence-corrected chi connectivity index (χ0v) is 13.3. The Kier molecular flexibility index (Phi) is 6.64. The van der Waals surface area contributed by atoms with E-state index in [2.05, 4.69) is 32.5 Å². The van der Waals surface area contributed by atoms with Gasteiger partial charge in [0, 0.05) is 20.6 Å². The molecule has 0 atom stereocenters. The maximum absolute atomic E-state index is 11.6. The maximum Gasteiger partial charge on any atom is 0.323 e. The number of likely N-dealkylation sites (N-methyl/N-ethyl adjacent to an activating group) is 1. The van der Waals surface area contributed by atoms with Crippen molar-refractivity contribution in [2.75, 3.05) is 37.8 Å². The SMILES string of the molecule is CCCNc1nc(NCC(=O)N(C)C)nc(OC(C)C)n1. The number of hydrogen-bond donors (Lipinski definition) is 2. The Balaban J connectivity index is 2.82. The van der Waals surface area contributed by atoms with Gasteiger partial charge in [-0.25, -0.2) is 0 Å². The molecule has 21 heavy (non-hydrogen) atoms. The second-order valence-corrected chi connectivity index (χ2v) is 5.00. The van der Waals surface area contributed by atoms with Crippen molar-refractivity contribution in [2.45, 2.75) is 33.3 Å². The number of carbonyl (C=O) groups is 1. The topological polar surface area (TPSA) is 92.3 Å². The van der Waals surface area contributed by atoms with Crippen molar-refractivity contribution in [1.29, 1.82) is 0 Å². The monoisotopic (exact) mass is 296 g/mol. The van der Waals surface area contributed by atoms with Gasteiger partial charge in [0.2, 0.25) is 17.8 Å². The molecule has 1 rings (SSSR count). The highest BCUT2D eigenvalue weighted by molar-refractivity contribution is 5.79. The van der Waals surface area contributed by atoms with Gasteiger partial charge >= 0.3 is 6.01 Å². The third-order valence-electron chi connectivity index (χ3n) is 2.39. The molecule has 0 radical (unpaired) electrons. The van der Waals surface area contributed by atoms with Gasteiger partial charge in [-0.1, -0.05) is 6.92 Å². The summed E-state index contributed by atoms with van der Waals surface area (Å²) in [5, 5.41) is 5.96. The summed E-state index contributed by atoms with van der Waals surface area (Å²) in [4.78, 5) is 25.6. The number of nitrogens with zero attached hydrogens (tertiary/aromatic N) is 4. The van der Waals surface area contributed by atoms with Crippen LogP contribution in [-0.4, -0.2) is 59.0 Å². The molecule has 118 valence electrons. The van der Waals surface area contributed by atoms with Crippen LogP contribution in [0.4, 0.5) is 11.9 Å². The lowest BCUT2D eigenvalue weighted by atomic mass is 10.5. The van der Waals surface area contributed by atoms with Crippen LogP contribution in [0.25, 0.3) is 0 Å². The average molecular weight is 296 g/mol. The van der Waals surface area contributed by atoms with Gasteiger partial charge in [0.05, 0.1) is 12.6 Å². The number of ether oxygens (including phenoxy) is 1. The molecule has 2 N–H and O–H groups in total. The van der Waals surface area contributed by atoms with Crippen molar-refractivity contribution in [3.63, 3.8) is 0 Å². The molecule has 1 aromatic rings. The summed E-state index contributed by atoms with van der Waals surface area (Å²) in [5.74, 6) is 0.682. The first-order valence-electron chi connectivity index (χ1n) is 7.03. The van der Waals surface area contributed by atoms with Gasteiger partial charge in [-0.15, -0.1) is 0 Å². The predicted molar refractivity (Wildman–Crippen MR) is 81.6 cm³/mol. The molecular formula is C13H24N6O2. The van der Waals surface area contributed by atoms with Gasteiger partial charge in [0.15, 0.2) is 0 Å². The van der Waals surface area contributed by atoms with E-state index in [1.54, 1.807) is 14.1 Å². The van der Waals surface area contributed by atoms with E-state index in [4.69, 9.17) is 4.74 Å². The van der Waals surface area contributed by atoms with E-state index in [0.717, 1.165) is 13.0 Å². The largest absolute Gasteiger partial charge is 0.461 e. The normalized spacial score (nSPS) is 10.4. The Morgan fingerprint density at radius 2 is 1.81 bits per heavy atom. The summed E-state index contributed by atoms with van der Waals surface area (Å²) >= 11 is 0. The van der Waals surface area contributed by atoms with Gasteiger partial charge in [0.1, 0.15) is 0 Å². The van der Waals surface area contributed by atoms with Crippen LogP contribution in [-0.2, 0) is 4.79 Å². The highest BCUT2D eigenvalue weighted by Gasteiger charge is 2.10. The second kappa shape index (κ2) is 8.23. The van der Waals surface area contributed by atoms with Crippen molar-refractivity contribution >= 4 is 17.8 Å². The third kappa shape index (κ3) is 6.24. The van der Waals surface area contributed by atoms with Crippen LogP contribution in [0.1, 0.15) is 27.2 Å². The van der Waals surface area contributed by atoms with Gasteiger partial charge in [0.25, 0.3) is 0 Å². The highest BCUT2D eigenvalue weighted by atomic mass is 16.5. The zero-order valence-electron chi connectivity index (χ0n) is 13.3. The molecule has 1 aromatic heterocycles. The number of anilines is 2. The Labute approximate surface area is 125 Å². The molecule has 0 fully saturated rings. The molecule has 0 spiro atoms. The van der Waals surface area contributed by atoms with Crippen LogP contribution in [0, 0.1) is 0 Å². The third-order valence-corrected chi connectivity index (χ3v) is 2.39. The standard InChI is InChI=1S/C13H24N6O2/c1-6-7-14-11-16-12(15-8-10(20)19(4)5)18-13(17-11)21-9(2)3/h9H,6-8H2,1-5H3,(H2,14,15,16,17,18). The van der Waals surface area contributed by atoms with Crippen LogP contribution in [0.15, 0.2) is 0 Å². The molecule has 8 heteroatoms. The van der Waals surface area contributed by atoms with E-state index < -0.39 is 0 Å². The first-order valence-corrected chi connectivity index (χ1v) is 7.03. The molecule has 0 bridgehead atoms. The van der Waals surface area contributed by atoms with E-state index in [-0.39, 0.29) is 24.6 Å². The first kappa shape index (κ1) is 16.9. The number of carbonyl (C=O) groups excluding carboxylic acids is 1. The minimum absolute atomic E-state index is 0.0392. The Morgan fingerprint density at radius 1 is 1.19 bits per heavy atom. The van der Waals surface area contributed by atoms with Crippen molar-refractivity contribution in [3.05, 3.63) is 0 Å². The van der Waals surface area contributed by atoms with Gasteiger partial charge in [-0.3, -0.25) is 4.79 Å². The molecule has 1 heterocycles. The van der Waals surface area contributed by atoms with E-state index in [1.165, 1.54) is 4.90 Å². The Bertz CT molecular complexity index is 464. The quantitative estimate of drug-likeness (QED) is 0.738. The number of amides is 1. The van der Waals surface area contributed by atoms with E-state index in [0.29, 0.717) is 11.9 Å². The van der Waals surface area contributed by atoms with E-state index in [1.807, 2.05) is 13.8 Å². The molecule has 0 unspecified atom stereocenters. The van der Waals surface area contributed by atoms with E-state index in [9.17, 15) is 4.79 Å².